The van der Waals surface area contributed by atoms with Gasteiger partial charge in [0.1, 0.15) is 5.82 Å². The van der Waals surface area contributed by atoms with Crippen LogP contribution in [0.4, 0.5) is 14.5 Å². The summed E-state index contributed by atoms with van der Waals surface area (Å²) in [7, 11) is 2.69. The predicted molar refractivity (Wildman–Crippen MR) is 60.8 cm³/mol. The van der Waals surface area contributed by atoms with Crippen LogP contribution in [0.25, 0.3) is 0 Å². The van der Waals surface area contributed by atoms with Crippen LogP contribution in [0.3, 0.4) is 0 Å². The average molecular weight is 271 g/mol. The second-order valence-corrected chi connectivity index (χ2v) is 3.93. The number of hydrogen-bond acceptors (Lipinski definition) is 4. The van der Waals surface area contributed by atoms with E-state index in [4.69, 9.17) is 9.47 Å². The molecule has 1 amide bonds. The second kappa shape index (κ2) is 5.02. The molecule has 7 heteroatoms. The Balaban J connectivity index is 2.44. The summed E-state index contributed by atoms with van der Waals surface area (Å²) in [6.07, 6.45) is -0.813. The van der Waals surface area contributed by atoms with Crippen molar-refractivity contribution in [2.24, 2.45) is 0 Å². The maximum Gasteiger partial charge on any atom is 0.299 e. The first-order valence-electron chi connectivity index (χ1n) is 5.40. The van der Waals surface area contributed by atoms with Crippen molar-refractivity contribution < 1.29 is 27.8 Å². The van der Waals surface area contributed by atoms with Gasteiger partial charge in [0.05, 0.1) is 17.8 Å². The molecule has 1 aromatic rings. The summed E-state index contributed by atoms with van der Waals surface area (Å²) >= 11 is 0. The summed E-state index contributed by atoms with van der Waals surface area (Å²) in [5.41, 5.74) is -0.524. The number of Topliss-reactive ketones (excluding diaryl/α,β-unsaturated/α-hetero) is 1. The topological polar surface area (TPSA) is 55.8 Å². The van der Waals surface area contributed by atoms with Crippen LogP contribution in [-0.4, -0.2) is 38.7 Å². The van der Waals surface area contributed by atoms with E-state index < -0.39 is 29.6 Å². The van der Waals surface area contributed by atoms with E-state index in [1.807, 2.05) is 0 Å². The van der Waals surface area contributed by atoms with Crippen LogP contribution in [0.2, 0.25) is 0 Å². The monoisotopic (exact) mass is 271 g/mol. The van der Waals surface area contributed by atoms with Crippen molar-refractivity contribution >= 4 is 17.4 Å². The SMILES string of the molecule is COC(CN1C(=O)C(=O)c2cc(F)cc(F)c21)OC. The fourth-order valence-corrected chi connectivity index (χ4v) is 1.92. The third-order valence-corrected chi connectivity index (χ3v) is 2.84. The Morgan fingerprint density at radius 3 is 2.42 bits per heavy atom. The van der Waals surface area contributed by atoms with Crippen molar-refractivity contribution in [3.63, 3.8) is 0 Å². The highest BCUT2D eigenvalue weighted by atomic mass is 19.1. The Bertz CT molecular complexity index is 543. The van der Waals surface area contributed by atoms with E-state index in [0.29, 0.717) is 6.07 Å². The molecule has 5 nitrogen and oxygen atoms in total. The summed E-state index contributed by atoms with van der Waals surface area (Å²) in [6.45, 7) is -0.160. The lowest BCUT2D eigenvalue weighted by Crippen LogP contribution is -2.38. The predicted octanol–water partition coefficient (Wildman–Crippen LogP) is 1.11. The molecule has 19 heavy (non-hydrogen) atoms. The maximum absolute atomic E-state index is 13.7. The Morgan fingerprint density at radius 2 is 1.84 bits per heavy atom. The summed E-state index contributed by atoms with van der Waals surface area (Å²) < 4.78 is 36.6. The fraction of sp³-hybridized carbons (Fsp3) is 0.333. The van der Waals surface area contributed by atoms with Gasteiger partial charge in [-0.25, -0.2) is 8.78 Å². The molecule has 102 valence electrons. The number of anilines is 1. The number of amides is 1. The molecule has 1 aromatic carbocycles. The molecule has 0 aliphatic carbocycles. The molecule has 0 atom stereocenters. The molecule has 0 radical (unpaired) electrons. The third-order valence-electron chi connectivity index (χ3n) is 2.84. The van der Waals surface area contributed by atoms with E-state index in [2.05, 4.69) is 0 Å². The summed E-state index contributed by atoms with van der Waals surface area (Å²) in [5, 5.41) is 0. The largest absolute Gasteiger partial charge is 0.354 e. The molecule has 0 bridgehead atoms. The second-order valence-electron chi connectivity index (χ2n) is 3.93. The van der Waals surface area contributed by atoms with Crippen molar-refractivity contribution in [3.05, 3.63) is 29.3 Å². The molecule has 1 aliphatic rings. The van der Waals surface area contributed by atoms with Gasteiger partial charge in [0.15, 0.2) is 12.1 Å². The van der Waals surface area contributed by atoms with Crippen LogP contribution in [0, 0.1) is 11.6 Å². The molecular weight excluding hydrogens is 260 g/mol. The molecule has 0 saturated carbocycles. The molecule has 0 spiro atoms. The smallest absolute Gasteiger partial charge is 0.299 e. The highest BCUT2D eigenvalue weighted by molar-refractivity contribution is 6.52. The van der Waals surface area contributed by atoms with Gasteiger partial charge in [-0.2, -0.15) is 0 Å². The summed E-state index contributed by atoms with van der Waals surface area (Å²) in [4.78, 5) is 24.3. The molecule has 0 N–H and O–H groups in total. The molecule has 0 saturated heterocycles. The van der Waals surface area contributed by atoms with Crippen molar-refractivity contribution in [1.29, 1.82) is 0 Å². The first-order chi connectivity index (χ1) is 8.99. The molecule has 2 rings (SSSR count). The standard InChI is InChI=1S/C12H11F2NO4/c1-18-9(19-2)5-15-10-7(11(16)12(15)17)3-6(13)4-8(10)14/h3-4,9H,5H2,1-2H3. The number of halogens is 2. The average Bonchev–Trinajstić information content (AvgIpc) is 2.61. The number of ether oxygens (including phenoxy) is 2. The van der Waals surface area contributed by atoms with Gasteiger partial charge >= 0.3 is 0 Å². The van der Waals surface area contributed by atoms with E-state index in [1.165, 1.54) is 14.2 Å². The summed E-state index contributed by atoms with van der Waals surface area (Å²) in [6, 6.07) is 1.46. The van der Waals surface area contributed by atoms with Crippen molar-refractivity contribution in [1.82, 2.24) is 0 Å². The highest BCUT2D eigenvalue weighted by Crippen LogP contribution is 2.32. The van der Waals surface area contributed by atoms with Gasteiger partial charge in [-0.1, -0.05) is 0 Å². The Labute approximate surface area is 107 Å². The number of carbonyl (C=O) groups excluding carboxylic acids is 2. The van der Waals surface area contributed by atoms with E-state index in [9.17, 15) is 18.4 Å². The van der Waals surface area contributed by atoms with Crippen molar-refractivity contribution in [2.45, 2.75) is 6.29 Å². The van der Waals surface area contributed by atoms with Gasteiger partial charge in [-0.15, -0.1) is 0 Å². The first-order valence-corrected chi connectivity index (χ1v) is 5.40. The highest BCUT2D eigenvalue weighted by Gasteiger charge is 2.39. The van der Waals surface area contributed by atoms with Gasteiger partial charge in [0, 0.05) is 20.3 Å². The molecular formula is C12H11F2NO4. The van der Waals surface area contributed by atoms with E-state index >= 15 is 0 Å². The Hall–Kier alpha value is -1.86. The fourth-order valence-electron chi connectivity index (χ4n) is 1.92. The zero-order valence-electron chi connectivity index (χ0n) is 10.3. The van der Waals surface area contributed by atoms with Crippen LogP contribution in [-0.2, 0) is 14.3 Å². The zero-order valence-corrected chi connectivity index (χ0v) is 10.3. The first kappa shape index (κ1) is 13.6. The normalized spacial score (nSPS) is 14.5. The number of benzene rings is 1. The lowest BCUT2D eigenvalue weighted by Gasteiger charge is -2.22. The van der Waals surface area contributed by atoms with Crippen LogP contribution in [0.1, 0.15) is 10.4 Å². The molecule has 0 unspecified atom stereocenters. The van der Waals surface area contributed by atoms with Crippen LogP contribution in [0.15, 0.2) is 12.1 Å². The molecule has 0 fully saturated rings. The van der Waals surface area contributed by atoms with Crippen molar-refractivity contribution in [2.75, 3.05) is 25.7 Å². The van der Waals surface area contributed by atoms with Crippen LogP contribution in [0.5, 0.6) is 0 Å². The van der Waals surface area contributed by atoms with Gasteiger partial charge in [-0.3, -0.25) is 14.5 Å². The van der Waals surface area contributed by atoms with E-state index in [0.717, 1.165) is 11.0 Å². The van der Waals surface area contributed by atoms with Gasteiger partial charge < -0.3 is 9.47 Å². The number of rotatable bonds is 4. The minimum absolute atomic E-state index is 0.160. The number of carbonyl (C=O) groups is 2. The summed E-state index contributed by atoms with van der Waals surface area (Å²) in [5.74, 6) is -3.76. The van der Waals surface area contributed by atoms with Gasteiger partial charge in [-0.05, 0) is 6.07 Å². The lowest BCUT2D eigenvalue weighted by atomic mass is 10.1. The third kappa shape index (κ3) is 2.22. The van der Waals surface area contributed by atoms with Gasteiger partial charge in [0.25, 0.3) is 11.7 Å². The number of methoxy groups -OCH3 is 2. The Morgan fingerprint density at radius 1 is 1.21 bits per heavy atom. The number of nitrogens with zero attached hydrogens (tertiary/aromatic N) is 1. The molecule has 1 heterocycles. The van der Waals surface area contributed by atoms with Crippen LogP contribution >= 0.6 is 0 Å². The minimum Gasteiger partial charge on any atom is -0.354 e. The van der Waals surface area contributed by atoms with Crippen molar-refractivity contribution in [3.8, 4) is 0 Å². The maximum atomic E-state index is 13.7. The van der Waals surface area contributed by atoms with Gasteiger partial charge in [0.2, 0.25) is 0 Å². The van der Waals surface area contributed by atoms with E-state index in [1.54, 1.807) is 0 Å². The zero-order chi connectivity index (χ0) is 14.2. The number of ketones is 1. The van der Waals surface area contributed by atoms with E-state index in [-0.39, 0.29) is 17.8 Å². The minimum atomic E-state index is -0.972. The molecule has 0 aromatic heterocycles. The quantitative estimate of drug-likeness (QED) is 0.608. The number of hydrogen-bond donors (Lipinski definition) is 0. The Kier molecular flexibility index (Phi) is 3.59. The number of fused-ring (bicyclic) bond motifs is 1. The molecule has 1 aliphatic heterocycles. The van der Waals surface area contributed by atoms with Crippen LogP contribution < -0.4 is 4.90 Å². The lowest BCUT2D eigenvalue weighted by molar-refractivity contribution is -0.119.